The third-order valence-corrected chi connectivity index (χ3v) is 13.9. The van der Waals surface area contributed by atoms with Gasteiger partial charge in [-0.25, -0.2) is 19.8 Å². The summed E-state index contributed by atoms with van der Waals surface area (Å²) in [5.41, 5.74) is 14.8. The molecule has 10 aromatic carbocycles. The molecular formula is C66H38N8. The van der Waals surface area contributed by atoms with Crippen LogP contribution in [0.3, 0.4) is 0 Å². The largest absolute Gasteiger partial charge is 0.309 e. The SMILES string of the molecule is [C-]#[N+]c1cccc(-c2ccc(-n3c4ccccc4c4ccccc43)cc2-c2nc(-c3ccccc3-c3cccc(C#N)c3)nc(-c3cc(-n4c5ccccc5c5ccccc54)ccc3-c3cccc(C#N)c3)n2)c1. The van der Waals surface area contributed by atoms with Crippen LogP contribution >= 0.6 is 0 Å². The Morgan fingerprint density at radius 1 is 0.338 bits per heavy atom. The lowest BCUT2D eigenvalue weighted by molar-refractivity contribution is 1.07. The number of para-hydroxylation sites is 4. The minimum atomic E-state index is 0.411. The van der Waals surface area contributed by atoms with E-state index in [9.17, 15) is 10.5 Å². The molecule has 3 heterocycles. The fourth-order valence-corrected chi connectivity index (χ4v) is 10.5. The Balaban J connectivity index is 1.14. The molecule has 342 valence electrons. The Bertz CT molecular complexity index is 4210. The summed E-state index contributed by atoms with van der Waals surface area (Å²) in [4.78, 5) is 20.4. The van der Waals surface area contributed by atoms with E-state index in [-0.39, 0.29) is 0 Å². The first-order chi connectivity index (χ1) is 36.5. The quantitative estimate of drug-likeness (QED) is 0.141. The van der Waals surface area contributed by atoms with Crippen molar-refractivity contribution in [3.63, 3.8) is 0 Å². The zero-order valence-electron chi connectivity index (χ0n) is 39.5. The van der Waals surface area contributed by atoms with Gasteiger partial charge in [-0.2, -0.15) is 10.5 Å². The Morgan fingerprint density at radius 2 is 0.703 bits per heavy atom. The molecule has 0 aliphatic carbocycles. The van der Waals surface area contributed by atoms with Crippen molar-refractivity contribution in [1.82, 2.24) is 24.1 Å². The average molecular weight is 943 g/mol. The summed E-state index contributed by atoms with van der Waals surface area (Å²) >= 11 is 0. The van der Waals surface area contributed by atoms with E-state index in [4.69, 9.17) is 21.5 Å². The topological polar surface area (TPSA) is 100 Å². The summed E-state index contributed by atoms with van der Waals surface area (Å²) in [5, 5.41) is 24.7. The number of hydrogen-bond acceptors (Lipinski definition) is 5. The molecule has 0 aliphatic rings. The maximum absolute atomic E-state index is 10.2. The van der Waals surface area contributed by atoms with Crippen LogP contribution in [0.4, 0.5) is 5.69 Å². The molecule has 0 fully saturated rings. The molecule has 0 unspecified atom stereocenters. The first kappa shape index (κ1) is 43.3. The smallest absolute Gasteiger partial charge is 0.187 e. The molecule has 0 spiro atoms. The van der Waals surface area contributed by atoms with Crippen molar-refractivity contribution in [2.24, 2.45) is 0 Å². The Hall–Kier alpha value is -10.7. The van der Waals surface area contributed by atoms with E-state index in [1.54, 1.807) is 6.07 Å². The molecule has 0 atom stereocenters. The molecule has 0 aliphatic heterocycles. The fraction of sp³-hybridized carbons (Fsp3) is 0. The number of rotatable bonds is 8. The zero-order chi connectivity index (χ0) is 49.7. The third-order valence-electron chi connectivity index (χ3n) is 13.9. The summed E-state index contributed by atoms with van der Waals surface area (Å²) in [6.45, 7) is 7.99. The summed E-state index contributed by atoms with van der Waals surface area (Å²) in [6.07, 6.45) is 0. The van der Waals surface area contributed by atoms with Crippen molar-refractivity contribution >= 4 is 49.3 Å². The van der Waals surface area contributed by atoms with Gasteiger partial charge in [-0.15, -0.1) is 0 Å². The molecule has 0 saturated heterocycles. The van der Waals surface area contributed by atoms with Crippen molar-refractivity contribution in [1.29, 1.82) is 10.5 Å². The van der Waals surface area contributed by atoms with Gasteiger partial charge in [0.2, 0.25) is 0 Å². The predicted molar refractivity (Wildman–Crippen MR) is 297 cm³/mol. The number of nitriles is 2. The van der Waals surface area contributed by atoms with E-state index >= 15 is 0 Å². The molecule has 0 radical (unpaired) electrons. The van der Waals surface area contributed by atoms with Crippen molar-refractivity contribution in [2.75, 3.05) is 0 Å². The second-order valence-electron chi connectivity index (χ2n) is 18.1. The van der Waals surface area contributed by atoms with Gasteiger partial charge in [-0.05, 0) is 112 Å². The molecule has 0 bridgehead atoms. The fourth-order valence-electron chi connectivity index (χ4n) is 10.5. The maximum Gasteiger partial charge on any atom is 0.187 e. The highest BCUT2D eigenvalue weighted by atomic mass is 15.0. The van der Waals surface area contributed by atoms with Gasteiger partial charge in [0.05, 0.1) is 51.9 Å². The van der Waals surface area contributed by atoms with Crippen LogP contribution in [0.2, 0.25) is 0 Å². The highest BCUT2D eigenvalue weighted by Gasteiger charge is 2.23. The minimum Gasteiger partial charge on any atom is -0.309 e. The zero-order valence-corrected chi connectivity index (χ0v) is 39.5. The maximum atomic E-state index is 10.2. The molecule has 74 heavy (non-hydrogen) atoms. The highest BCUT2D eigenvalue weighted by molar-refractivity contribution is 6.10. The standard InChI is InChI=1S/C66H38N8/c1-69-47-20-14-19-46(37-47)52-34-32-49(74-62-29-10-6-24-55(62)56-25-7-11-30-63(56)74)39-59(52)66-71-64(57-26-3-2-21-50(57)44-17-12-15-42(35-44)40-67)70-65(72-66)58-38-48(31-33-51(58)45-18-13-16-43(36-45)41-68)73-60-27-8-4-22-53(60)54-23-5-9-28-61(54)73/h2-39H. The van der Waals surface area contributed by atoms with Gasteiger partial charge in [0.1, 0.15) is 0 Å². The van der Waals surface area contributed by atoms with Crippen molar-refractivity contribution in [3.8, 4) is 91.1 Å². The molecule has 13 aromatic rings. The molecular weight excluding hydrogens is 905 g/mol. The lowest BCUT2D eigenvalue weighted by Crippen LogP contribution is -2.04. The lowest BCUT2D eigenvalue weighted by atomic mass is 9.95. The summed E-state index contributed by atoms with van der Waals surface area (Å²) in [5.74, 6) is 1.24. The average Bonchev–Trinajstić information content (AvgIpc) is 4.02. The minimum absolute atomic E-state index is 0.411. The van der Waals surface area contributed by atoms with Gasteiger partial charge in [0.25, 0.3) is 0 Å². The second kappa shape index (κ2) is 17.9. The number of benzene rings is 10. The summed E-state index contributed by atoms with van der Waals surface area (Å²) < 4.78 is 4.56. The van der Waals surface area contributed by atoms with Crippen LogP contribution < -0.4 is 0 Å². The number of fused-ring (bicyclic) bond motifs is 6. The first-order valence-corrected chi connectivity index (χ1v) is 24.2. The van der Waals surface area contributed by atoms with E-state index in [1.807, 2.05) is 91.0 Å². The van der Waals surface area contributed by atoms with Crippen LogP contribution in [0.1, 0.15) is 11.1 Å². The van der Waals surface area contributed by atoms with E-state index in [0.29, 0.717) is 34.3 Å². The molecule has 3 aromatic heterocycles. The molecule has 8 heteroatoms. The van der Waals surface area contributed by atoms with Crippen LogP contribution in [0.5, 0.6) is 0 Å². The number of nitrogens with zero attached hydrogens (tertiary/aromatic N) is 8. The number of hydrogen-bond donors (Lipinski definition) is 0. The van der Waals surface area contributed by atoms with Gasteiger partial charge in [0, 0.05) is 49.6 Å². The molecule has 0 saturated carbocycles. The van der Waals surface area contributed by atoms with Gasteiger partial charge < -0.3 is 9.13 Å². The van der Waals surface area contributed by atoms with E-state index < -0.39 is 0 Å². The Labute approximate surface area is 426 Å². The lowest BCUT2D eigenvalue weighted by Gasteiger charge is -2.18. The van der Waals surface area contributed by atoms with Gasteiger partial charge >= 0.3 is 0 Å². The second-order valence-corrected chi connectivity index (χ2v) is 18.1. The van der Waals surface area contributed by atoms with E-state index in [0.717, 1.165) is 105 Å². The van der Waals surface area contributed by atoms with Gasteiger partial charge in [-0.1, -0.05) is 152 Å². The van der Waals surface area contributed by atoms with E-state index in [2.05, 4.69) is 160 Å². The Kier molecular flexibility index (Phi) is 10.5. The molecule has 0 N–H and O–H groups in total. The van der Waals surface area contributed by atoms with Crippen LogP contribution in [0, 0.1) is 29.2 Å². The van der Waals surface area contributed by atoms with Gasteiger partial charge in [-0.3, -0.25) is 0 Å². The van der Waals surface area contributed by atoms with Crippen molar-refractivity contribution in [2.45, 2.75) is 0 Å². The van der Waals surface area contributed by atoms with Crippen molar-refractivity contribution < 1.29 is 0 Å². The monoisotopic (exact) mass is 942 g/mol. The van der Waals surface area contributed by atoms with Gasteiger partial charge in [0.15, 0.2) is 23.2 Å². The first-order valence-electron chi connectivity index (χ1n) is 24.2. The molecule has 0 amide bonds. The van der Waals surface area contributed by atoms with Crippen LogP contribution in [-0.2, 0) is 0 Å². The predicted octanol–water partition coefficient (Wildman–Crippen LogP) is 16.4. The number of aromatic nitrogens is 5. The van der Waals surface area contributed by atoms with E-state index in [1.165, 1.54) is 0 Å². The Morgan fingerprint density at radius 3 is 1.14 bits per heavy atom. The van der Waals surface area contributed by atoms with Crippen LogP contribution in [0.15, 0.2) is 231 Å². The summed E-state index contributed by atoms with van der Waals surface area (Å²) in [7, 11) is 0. The van der Waals surface area contributed by atoms with Crippen LogP contribution in [0.25, 0.3) is 127 Å². The van der Waals surface area contributed by atoms with Crippen LogP contribution in [-0.4, -0.2) is 24.1 Å². The third kappa shape index (κ3) is 7.33. The highest BCUT2D eigenvalue weighted by Crippen LogP contribution is 2.42. The summed E-state index contributed by atoms with van der Waals surface area (Å²) in [6, 6.07) is 82.0. The molecule has 8 nitrogen and oxygen atoms in total. The normalized spacial score (nSPS) is 11.2. The van der Waals surface area contributed by atoms with Crippen molar-refractivity contribution in [3.05, 3.63) is 253 Å². The molecule has 13 rings (SSSR count).